The first-order valence-corrected chi connectivity index (χ1v) is 13.1. The van der Waals surface area contributed by atoms with E-state index in [2.05, 4.69) is 25.7 Å². The van der Waals surface area contributed by atoms with Gasteiger partial charge in [-0.2, -0.15) is 0 Å². The summed E-state index contributed by atoms with van der Waals surface area (Å²) in [6.45, 7) is 3.21. The van der Waals surface area contributed by atoms with Gasteiger partial charge in [-0.25, -0.2) is 8.78 Å². The summed E-state index contributed by atoms with van der Waals surface area (Å²) in [5.41, 5.74) is 0.722. The molecule has 0 bridgehead atoms. The number of nitrogens with one attached hydrogen (secondary N) is 2. The van der Waals surface area contributed by atoms with Gasteiger partial charge in [0, 0.05) is 43.5 Å². The molecule has 0 radical (unpaired) electrons. The minimum Gasteiger partial charge on any atom is -0.355 e. The van der Waals surface area contributed by atoms with Gasteiger partial charge in [0.15, 0.2) is 11.5 Å². The molecule has 3 heterocycles. The lowest BCUT2D eigenvalue weighted by molar-refractivity contribution is -0.128. The van der Waals surface area contributed by atoms with E-state index in [-0.39, 0.29) is 29.0 Å². The van der Waals surface area contributed by atoms with Crippen LogP contribution in [0.3, 0.4) is 0 Å². The van der Waals surface area contributed by atoms with Crippen molar-refractivity contribution in [1.29, 1.82) is 0 Å². The molecule has 3 atom stereocenters. The number of hydrogen-bond donors (Lipinski definition) is 2. The summed E-state index contributed by atoms with van der Waals surface area (Å²) in [6, 6.07) is 9.71. The number of hydrogen-bond acceptors (Lipinski definition) is 6. The van der Waals surface area contributed by atoms with Crippen molar-refractivity contribution in [3.63, 3.8) is 0 Å². The molecule has 8 nitrogen and oxygen atoms in total. The highest BCUT2D eigenvalue weighted by molar-refractivity contribution is 5.94. The van der Waals surface area contributed by atoms with Crippen LogP contribution in [0.2, 0.25) is 0 Å². The third-order valence-electron chi connectivity index (χ3n) is 7.57. The van der Waals surface area contributed by atoms with Crippen molar-refractivity contribution in [2.75, 3.05) is 13.1 Å². The van der Waals surface area contributed by atoms with Crippen molar-refractivity contribution in [3.8, 4) is 11.3 Å². The van der Waals surface area contributed by atoms with E-state index >= 15 is 0 Å². The van der Waals surface area contributed by atoms with Gasteiger partial charge < -0.3 is 15.2 Å². The standard InChI is InChI=1S/C28H31F2N5O3/c1-17(23-8-4-5-12-31-23)32-27(36)21-16-35(19-6-2-3-7-19)13-11-24(21)33-28(37)25-15-26(38-34-25)20-10-9-18(29)14-22(20)30/h4-5,8-10,12,14-15,17,19,21,24H,2-3,6-7,11,13,16H2,1H3,(H,32,36)(H,33,37)/t17-,21-,24-/m0/s1. The van der Waals surface area contributed by atoms with Gasteiger partial charge in [-0.15, -0.1) is 0 Å². The fourth-order valence-corrected chi connectivity index (χ4v) is 5.48. The van der Waals surface area contributed by atoms with E-state index in [1.165, 1.54) is 25.0 Å². The van der Waals surface area contributed by atoms with Gasteiger partial charge in [-0.1, -0.05) is 24.1 Å². The lowest BCUT2D eigenvalue weighted by atomic mass is 9.89. The largest absolute Gasteiger partial charge is 0.355 e. The average Bonchev–Trinajstić information content (AvgIpc) is 3.62. The first kappa shape index (κ1) is 26.0. The predicted molar refractivity (Wildman–Crippen MR) is 136 cm³/mol. The lowest BCUT2D eigenvalue weighted by Crippen LogP contribution is -2.57. The lowest BCUT2D eigenvalue weighted by Gasteiger charge is -2.41. The highest BCUT2D eigenvalue weighted by atomic mass is 19.1. The third kappa shape index (κ3) is 5.75. The van der Waals surface area contributed by atoms with E-state index in [9.17, 15) is 18.4 Å². The summed E-state index contributed by atoms with van der Waals surface area (Å²) in [5, 5.41) is 9.82. The van der Waals surface area contributed by atoms with Crippen LogP contribution in [-0.4, -0.2) is 52.0 Å². The Morgan fingerprint density at radius 3 is 2.66 bits per heavy atom. The normalized spacial score (nSPS) is 21.2. The molecular weight excluding hydrogens is 492 g/mol. The van der Waals surface area contributed by atoms with Crippen molar-refractivity contribution in [2.24, 2.45) is 5.92 Å². The van der Waals surface area contributed by atoms with E-state index in [1.807, 2.05) is 25.1 Å². The van der Waals surface area contributed by atoms with E-state index in [1.54, 1.807) is 6.20 Å². The fraction of sp³-hybridized carbons (Fsp3) is 0.429. The number of benzene rings is 1. The Morgan fingerprint density at radius 1 is 1.11 bits per heavy atom. The van der Waals surface area contributed by atoms with Gasteiger partial charge in [0.25, 0.3) is 5.91 Å². The number of amides is 2. The molecule has 1 aliphatic carbocycles. The molecule has 3 aromatic rings. The number of carbonyl (C=O) groups excluding carboxylic acids is 2. The fourth-order valence-electron chi connectivity index (χ4n) is 5.48. The Hall–Kier alpha value is -3.66. The summed E-state index contributed by atoms with van der Waals surface area (Å²) in [6.07, 6.45) is 6.92. The van der Waals surface area contributed by atoms with Crippen molar-refractivity contribution >= 4 is 11.8 Å². The van der Waals surface area contributed by atoms with Gasteiger partial charge in [0.2, 0.25) is 5.91 Å². The van der Waals surface area contributed by atoms with Crippen molar-refractivity contribution in [1.82, 2.24) is 25.7 Å². The summed E-state index contributed by atoms with van der Waals surface area (Å²) < 4.78 is 32.6. The van der Waals surface area contributed by atoms with E-state index in [0.717, 1.165) is 37.2 Å². The molecule has 0 spiro atoms. The maximum absolute atomic E-state index is 14.2. The number of nitrogens with zero attached hydrogens (tertiary/aromatic N) is 3. The molecule has 0 unspecified atom stereocenters. The van der Waals surface area contributed by atoms with Crippen molar-refractivity contribution in [2.45, 2.75) is 57.2 Å². The van der Waals surface area contributed by atoms with Gasteiger partial charge in [0.1, 0.15) is 11.6 Å². The molecule has 2 aromatic heterocycles. The zero-order valence-electron chi connectivity index (χ0n) is 21.2. The Morgan fingerprint density at radius 2 is 1.92 bits per heavy atom. The molecular formula is C28H31F2N5O3. The predicted octanol–water partition coefficient (Wildman–Crippen LogP) is 4.26. The molecule has 1 saturated heterocycles. The second kappa shape index (κ2) is 11.4. The molecule has 1 aromatic carbocycles. The third-order valence-corrected chi connectivity index (χ3v) is 7.57. The van der Waals surface area contributed by atoms with Crippen LogP contribution in [0.5, 0.6) is 0 Å². The molecule has 1 saturated carbocycles. The van der Waals surface area contributed by atoms with E-state index in [4.69, 9.17) is 4.52 Å². The van der Waals surface area contributed by atoms with Gasteiger partial charge in [-0.3, -0.25) is 19.5 Å². The zero-order chi connectivity index (χ0) is 26.6. The number of piperidine rings is 1. The summed E-state index contributed by atoms with van der Waals surface area (Å²) in [5.74, 6) is -2.65. The average molecular weight is 524 g/mol. The quantitative estimate of drug-likeness (QED) is 0.480. The smallest absolute Gasteiger partial charge is 0.273 e. The molecule has 5 rings (SSSR count). The van der Waals surface area contributed by atoms with E-state index < -0.39 is 29.5 Å². The first-order valence-electron chi connectivity index (χ1n) is 13.1. The zero-order valence-corrected chi connectivity index (χ0v) is 21.2. The summed E-state index contributed by atoms with van der Waals surface area (Å²) >= 11 is 0. The van der Waals surface area contributed by atoms with Crippen LogP contribution in [-0.2, 0) is 4.79 Å². The molecule has 1 aliphatic heterocycles. The van der Waals surface area contributed by atoms with Gasteiger partial charge in [0.05, 0.1) is 23.2 Å². The number of carbonyl (C=O) groups is 2. The van der Waals surface area contributed by atoms with Crippen molar-refractivity contribution in [3.05, 3.63) is 71.7 Å². The minimum atomic E-state index is -0.814. The topological polar surface area (TPSA) is 100 Å². The molecule has 2 fully saturated rings. The maximum atomic E-state index is 14.2. The number of pyridine rings is 1. The number of rotatable bonds is 7. The van der Waals surface area contributed by atoms with Crippen LogP contribution in [0.15, 0.2) is 53.2 Å². The van der Waals surface area contributed by atoms with Crippen LogP contribution >= 0.6 is 0 Å². The molecule has 38 heavy (non-hydrogen) atoms. The highest BCUT2D eigenvalue weighted by Crippen LogP contribution is 2.29. The Kier molecular flexibility index (Phi) is 7.78. The first-order chi connectivity index (χ1) is 18.4. The van der Waals surface area contributed by atoms with Crippen molar-refractivity contribution < 1.29 is 22.9 Å². The second-order valence-electron chi connectivity index (χ2n) is 10.1. The molecule has 200 valence electrons. The molecule has 2 N–H and O–H groups in total. The van der Waals surface area contributed by atoms with Gasteiger partial charge in [-0.05, 0) is 50.5 Å². The van der Waals surface area contributed by atoms with Crippen LogP contribution in [0.1, 0.15) is 61.3 Å². The molecule has 2 amide bonds. The van der Waals surface area contributed by atoms with Gasteiger partial charge >= 0.3 is 0 Å². The molecule has 10 heteroatoms. The summed E-state index contributed by atoms with van der Waals surface area (Å²) in [7, 11) is 0. The second-order valence-corrected chi connectivity index (χ2v) is 10.1. The van der Waals surface area contributed by atoms with Crippen LogP contribution in [0.4, 0.5) is 8.78 Å². The van der Waals surface area contributed by atoms with E-state index in [0.29, 0.717) is 19.0 Å². The Bertz CT molecular complexity index is 1280. The number of halogens is 2. The molecule has 2 aliphatic rings. The van der Waals surface area contributed by atoms with Crippen LogP contribution in [0, 0.1) is 17.6 Å². The van der Waals surface area contributed by atoms with Crippen LogP contribution < -0.4 is 10.6 Å². The number of likely N-dealkylation sites (tertiary alicyclic amines) is 1. The minimum absolute atomic E-state index is 0.00332. The SMILES string of the molecule is C[C@H](NC(=O)[C@H]1CN(C2CCCC2)CC[C@@H]1NC(=O)c1cc(-c2ccc(F)cc2F)on1)c1ccccn1. The Labute approximate surface area is 219 Å². The maximum Gasteiger partial charge on any atom is 0.273 e. The summed E-state index contributed by atoms with van der Waals surface area (Å²) in [4.78, 5) is 33.3. The highest BCUT2D eigenvalue weighted by Gasteiger charge is 2.39. The van der Waals surface area contributed by atoms with Crippen LogP contribution in [0.25, 0.3) is 11.3 Å². The number of aromatic nitrogens is 2. The monoisotopic (exact) mass is 523 g/mol. The Balaban J connectivity index is 1.30.